The number of aromatic nitrogens is 2. The van der Waals surface area contributed by atoms with Crippen molar-refractivity contribution >= 4 is 37.5 Å². The lowest BCUT2D eigenvalue weighted by atomic mass is 9.87. The lowest BCUT2D eigenvalue weighted by Gasteiger charge is -2.19. The Morgan fingerprint density at radius 1 is 1.04 bits per heavy atom. The predicted octanol–water partition coefficient (Wildman–Crippen LogP) is 6.23. The van der Waals surface area contributed by atoms with E-state index in [1.807, 2.05) is 29.6 Å². The third-order valence-electron chi connectivity index (χ3n) is 4.89. The number of fused-ring (bicyclic) bond motifs is 1. The van der Waals surface area contributed by atoms with Gasteiger partial charge in [0, 0.05) is 15.4 Å². The van der Waals surface area contributed by atoms with Crippen LogP contribution in [0.5, 0.6) is 0 Å². The molecule has 0 amide bonds. The van der Waals surface area contributed by atoms with Crippen LogP contribution < -0.4 is 5.56 Å². The van der Waals surface area contributed by atoms with Crippen LogP contribution in [0.25, 0.3) is 21.3 Å². The first-order valence-electron chi connectivity index (χ1n) is 9.15. The zero-order chi connectivity index (χ0) is 19.9. The van der Waals surface area contributed by atoms with Crippen molar-refractivity contribution in [2.45, 2.75) is 32.7 Å². The van der Waals surface area contributed by atoms with E-state index >= 15 is 0 Å². The second kappa shape index (κ2) is 7.30. The molecule has 0 atom stereocenters. The van der Waals surface area contributed by atoms with Crippen LogP contribution in [0.3, 0.4) is 0 Å². The van der Waals surface area contributed by atoms with E-state index in [4.69, 9.17) is 0 Å². The highest BCUT2D eigenvalue weighted by Gasteiger charge is 2.15. The number of benzene rings is 2. The van der Waals surface area contributed by atoms with E-state index in [-0.39, 0.29) is 11.0 Å². The summed E-state index contributed by atoms with van der Waals surface area (Å²) in [5, 5.41) is 2.71. The molecule has 0 N–H and O–H groups in total. The Morgan fingerprint density at radius 2 is 1.71 bits per heavy atom. The van der Waals surface area contributed by atoms with Crippen molar-refractivity contribution in [3.05, 3.63) is 86.2 Å². The minimum atomic E-state index is 0.00377. The van der Waals surface area contributed by atoms with Crippen LogP contribution in [0.4, 0.5) is 0 Å². The van der Waals surface area contributed by atoms with Gasteiger partial charge in [-0.1, -0.05) is 73.1 Å². The number of rotatable bonds is 3. The molecule has 4 aromatic rings. The van der Waals surface area contributed by atoms with E-state index in [1.54, 1.807) is 10.9 Å². The molecule has 0 spiro atoms. The van der Waals surface area contributed by atoms with Crippen LogP contribution in [0, 0.1) is 0 Å². The Bertz CT molecular complexity index is 1180. The summed E-state index contributed by atoms with van der Waals surface area (Å²) in [6.07, 6.45) is 1.66. The van der Waals surface area contributed by atoms with Gasteiger partial charge in [-0.2, -0.15) is 0 Å². The van der Waals surface area contributed by atoms with Crippen LogP contribution in [0.1, 0.15) is 31.9 Å². The molecular weight excluding hydrogens is 432 g/mol. The molecule has 142 valence electrons. The molecule has 2 aromatic carbocycles. The van der Waals surface area contributed by atoms with E-state index in [2.05, 4.69) is 66.0 Å². The maximum absolute atomic E-state index is 13.2. The molecule has 0 aliphatic carbocycles. The number of thiophene rings is 1. The van der Waals surface area contributed by atoms with Gasteiger partial charge in [-0.05, 0) is 34.2 Å². The molecule has 3 nitrogen and oxygen atoms in total. The average molecular weight is 453 g/mol. The summed E-state index contributed by atoms with van der Waals surface area (Å²) in [7, 11) is 0. The quantitative estimate of drug-likeness (QED) is 0.369. The second-order valence-corrected chi connectivity index (χ2v) is 9.73. The van der Waals surface area contributed by atoms with Gasteiger partial charge in [-0.3, -0.25) is 9.36 Å². The van der Waals surface area contributed by atoms with Crippen molar-refractivity contribution in [2.24, 2.45) is 0 Å². The summed E-state index contributed by atoms with van der Waals surface area (Å²) in [5.41, 5.74) is 4.47. The second-order valence-electron chi connectivity index (χ2n) is 7.96. The molecule has 0 radical (unpaired) electrons. The summed E-state index contributed by atoms with van der Waals surface area (Å²) in [6, 6.07) is 16.5. The first kappa shape index (κ1) is 19.1. The van der Waals surface area contributed by atoms with Crippen LogP contribution in [-0.4, -0.2) is 9.55 Å². The van der Waals surface area contributed by atoms with Crippen LogP contribution in [0.15, 0.2) is 69.5 Å². The van der Waals surface area contributed by atoms with Crippen LogP contribution >= 0.6 is 27.3 Å². The van der Waals surface area contributed by atoms with Gasteiger partial charge in [0.15, 0.2) is 0 Å². The molecule has 5 heteroatoms. The molecule has 2 aromatic heterocycles. The lowest BCUT2D eigenvalue weighted by Crippen LogP contribution is -2.21. The smallest absolute Gasteiger partial charge is 0.263 e. The normalized spacial score (nSPS) is 11.9. The highest BCUT2D eigenvalue weighted by Crippen LogP contribution is 2.31. The molecule has 0 aliphatic rings. The van der Waals surface area contributed by atoms with Crippen molar-refractivity contribution in [1.29, 1.82) is 0 Å². The zero-order valence-corrected chi connectivity index (χ0v) is 18.5. The maximum Gasteiger partial charge on any atom is 0.263 e. The number of hydrogen-bond acceptors (Lipinski definition) is 3. The molecule has 0 saturated carbocycles. The van der Waals surface area contributed by atoms with Crippen LogP contribution in [0.2, 0.25) is 0 Å². The van der Waals surface area contributed by atoms with E-state index in [0.29, 0.717) is 11.9 Å². The number of halogens is 1. The minimum absolute atomic E-state index is 0.00377. The topological polar surface area (TPSA) is 34.9 Å². The standard InChI is InChI=1S/C23H21BrN2OS/c1-23(2,3)17-8-4-15(5-9-17)12-26-14-25-21-20(22(26)27)19(13-28-21)16-6-10-18(24)11-7-16/h4-11,13-14H,12H2,1-3H3. The van der Waals surface area contributed by atoms with Crippen molar-refractivity contribution in [3.8, 4) is 11.1 Å². The fraction of sp³-hybridized carbons (Fsp3) is 0.217. The summed E-state index contributed by atoms with van der Waals surface area (Å²) in [5.74, 6) is 0. The summed E-state index contributed by atoms with van der Waals surface area (Å²) in [4.78, 5) is 18.5. The molecule has 28 heavy (non-hydrogen) atoms. The van der Waals surface area contributed by atoms with E-state index < -0.39 is 0 Å². The van der Waals surface area contributed by atoms with Gasteiger partial charge in [0.1, 0.15) is 4.83 Å². The van der Waals surface area contributed by atoms with E-state index in [1.165, 1.54) is 16.9 Å². The Hall–Kier alpha value is -2.24. The Morgan fingerprint density at radius 3 is 2.36 bits per heavy atom. The van der Waals surface area contributed by atoms with Gasteiger partial charge in [0.2, 0.25) is 0 Å². The Labute approximate surface area is 176 Å². The van der Waals surface area contributed by atoms with Gasteiger partial charge >= 0.3 is 0 Å². The maximum atomic E-state index is 13.2. The number of nitrogens with zero attached hydrogens (tertiary/aromatic N) is 2. The lowest BCUT2D eigenvalue weighted by molar-refractivity contribution is 0.589. The number of hydrogen-bond donors (Lipinski definition) is 0. The third-order valence-corrected chi connectivity index (χ3v) is 6.30. The van der Waals surface area contributed by atoms with Crippen molar-refractivity contribution in [2.75, 3.05) is 0 Å². The van der Waals surface area contributed by atoms with Gasteiger partial charge in [0.25, 0.3) is 5.56 Å². The largest absolute Gasteiger partial charge is 0.294 e. The van der Waals surface area contributed by atoms with Crippen molar-refractivity contribution < 1.29 is 0 Å². The third kappa shape index (κ3) is 3.69. The Kier molecular flexibility index (Phi) is 4.98. The fourth-order valence-electron chi connectivity index (χ4n) is 3.23. The fourth-order valence-corrected chi connectivity index (χ4v) is 4.40. The Balaban J connectivity index is 1.73. The summed E-state index contributed by atoms with van der Waals surface area (Å²) < 4.78 is 2.72. The summed E-state index contributed by atoms with van der Waals surface area (Å²) >= 11 is 4.97. The molecule has 4 rings (SSSR count). The average Bonchev–Trinajstić information content (AvgIpc) is 3.09. The van der Waals surface area contributed by atoms with Crippen molar-refractivity contribution in [1.82, 2.24) is 9.55 Å². The van der Waals surface area contributed by atoms with E-state index in [0.717, 1.165) is 26.0 Å². The summed E-state index contributed by atoms with van der Waals surface area (Å²) in [6.45, 7) is 7.11. The molecule has 0 fully saturated rings. The first-order valence-corrected chi connectivity index (χ1v) is 10.8. The van der Waals surface area contributed by atoms with Gasteiger partial charge in [-0.15, -0.1) is 11.3 Å². The van der Waals surface area contributed by atoms with Gasteiger partial charge in [0.05, 0.1) is 18.3 Å². The highest BCUT2D eigenvalue weighted by molar-refractivity contribution is 9.10. The van der Waals surface area contributed by atoms with Crippen molar-refractivity contribution in [3.63, 3.8) is 0 Å². The molecular formula is C23H21BrN2OS. The predicted molar refractivity (Wildman–Crippen MR) is 121 cm³/mol. The van der Waals surface area contributed by atoms with Crippen LogP contribution in [-0.2, 0) is 12.0 Å². The SMILES string of the molecule is CC(C)(C)c1ccc(Cn2cnc3scc(-c4ccc(Br)cc4)c3c2=O)cc1. The monoisotopic (exact) mass is 452 g/mol. The van der Waals surface area contributed by atoms with Gasteiger partial charge in [-0.25, -0.2) is 4.98 Å². The molecule has 0 aliphatic heterocycles. The molecule has 0 bridgehead atoms. The minimum Gasteiger partial charge on any atom is -0.294 e. The zero-order valence-electron chi connectivity index (χ0n) is 16.1. The highest BCUT2D eigenvalue weighted by atomic mass is 79.9. The molecule has 0 unspecified atom stereocenters. The molecule has 0 saturated heterocycles. The first-order chi connectivity index (χ1) is 13.3. The van der Waals surface area contributed by atoms with E-state index in [9.17, 15) is 4.79 Å². The molecule has 2 heterocycles. The van der Waals surface area contributed by atoms with Gasteiger partial charge < -0.3 is 0 Å².